The summed E-state index contributed by atoms with van der Waals surface area (Å²) in [4.78, 5) is 10.2. The molecule has 0 spiro atoms. The minimum atomic E-state index is -1.08. The third-order valence-corrected chi connectivity index (χ3v) is 5.48. The van der Waals surface area contributed by atoms with E-state index in [1.54, 1.807) is 6.08 Å². The standard InChI is InChI=1S/C25H48O2.Li/c1-2-3-4-5-6-7-8-9-10-11-12-13-14-15-16-17-18-19-20-21-22-23-24-25(26)27;/h23-24H,2-22H2,1H3,(H,26,27);/q;+1/p-1. The number of hydrogen-bond acceptors (Lipinski definition) is 2. The molecule has 0 aromatic heterocycles. The number of aliphatic carboxylic acids is 1. The zero-order chi connectivity index (χ0) is 19.8. The summed E-state index contributed by atoms with van der Waals surface area (Å²) in [5.41, 5.74) is 0. The fourth-order valence-corrected chi connectivity index (χ4v) is 3.70. The Morgan fingerprint density at radius 1 is 0.571 bits per heavy atom. The molecule has 0 saturated carbocycles. The minimum Gasteiger partial charge on any atom is -0.545 e. The maximum absolute atomic E-state index is 10.2. The molecule has 0 rings (SSSR count). The van der Waals surface area contributed by atoms with Crippen molar-refractivity contribution in [2.75, 3.05) is 0 Å². The second-order valence-electron chi connectivity index (χ2n) is 8.23. The van der Waals surface area contributed by atoms with Crippen molar-refractivity contribution in [1.29, 1.82) is 0 Å². The number of carboxylic acids is 1. The molecule has 28 heavy (non-hydrogen) atoms. The largest absolute Gasteiger partial charge is 1.00 e. The van der Waals surface area contributed by atoms with E-state index in [4.69, 9.17) is 0 Å². The number of unbranched alkanes of at least 4 members (excludes halogenated alkanes) is 20. The molecule has 0 aromatic rings. The molecule has 0 heterocycles. The number of carbonyl (C=O) groups is 1. The maximum atomic E-state index is 10.2. The summed E-state index contributed by atoms with van der Waals surface area (Å²) >= 11 is 0. The average Bonchev–Trinajstić information content (AvgIpc) is 2.65. The van der Waals surface area contributed by atoms with Crippen LogP contribution in [0.4, 0.5) is 0 Å². The van der Waals surface area contributed by atoms with Crippen molar-refractivity contribution < 1.29 is 28.8 Å². The predicted molar refractivity (Wildman–Crippen MR) is 117 cm³/mol. The molecule has 0 aliphatic carbocycles. The Bertz CT molecular complexity index is 329. The molecule has 0 amide bonds. The fourth-order valence-electron chi connectivity index (χ4n) is 3.70. The van der Waals surface area contributed by atoms with Crippen LogP contribution in [0.15, 0.2) is 12.2 Å². The molecule has 0 radical (unpaired) electrons. The van der Waals surface area contributed by atoms with Gasteiger partial charge in [-0.3, -0.25) is 0 Å². The summed E-state index contributed by atoms with van der Waals surface area (Å²) in [6.45, 7) is 2.29. The molecular weight excluding hydrogens is 339 g/mol. The molecule has 0 bridgehead atoms. The number of hydrogen-bond donors (Lipinski definition) is 0. The van der Waals surface area contributed by atoms with Gasteiger partial charge in [0.25, 0.3) is 0 Å². The Morgan fingerprint density at radius 3 is 1.14 bits per heavy atom. The number of rotatable bonds is 22. The van der Waals surface area contributed by atoms with Crippen LogP contribution in [-0.4, -0.2) is 5.97 Å². The Kier molecular flexibility index (Phi) is 28.7. The molecule has 3 heteroatoms. The van der Waals surface area contributed by atoms with E-state index in [2.05, 4.69) is 6.92 Å². The summed E-state index contributed by atoms with van der Waals surface area (Å²) < 4.78 is 0. The zero-order valence-corrected chi connectivity index (χ0v) is 19.3. The maximum Gasteiger partial charge on any atom is 1.00 e. The van der Waals surface area contributed by atoms with Gasteiger partial charge in [0.05, 0.1) is 5.97 Å². The van der Waals surface area contributed by atoms with Crippen molar-refractivity contribution in [2.24, 2.45) is 0 Å². The first-order valence-corrected chi connectivity index (χ1v) is 12.1. The molecule has 0 N–H and O–H groups in total. The Labute approximate surface area is 188 Å². The van der Waals surface area contributed by atoms with Crippen LogP contribution in [0.2, 0.25) is 0 Å². The molecule has 160 valence electrons. The van der Waals surface area contributed by atoms with Crippen molar-refractivity contribution in [3.05, 3.63) is 12.2 Å². The topological polar surface area (TPSA) is 40.1 Å². The predicted octanol–water partition coefficient (Wildman–Crippen LogP) is 4.51. The third kappa shape index (κ3) is 28.0. The summed E-state index contributed by atoms with van der Waals surface area (Å²) in [7, 11) is 0. The van der Waals surface area contributed by atoms with Crippen molar-refractivity contribution in [2.45, 2.75) is 142 Å². The molecule has 0 aliphatic rings. The van der Waals surface area contributed by atoms with Gasteiger partial charge in [-0.2, -0.15) is 0 Å². The summed E-state index contributed by atoms with van der Waals surface area (Å²) in [6.07, 6.45) is 31.5. The molecular formula is C25H47LiO2. The Morgan fingerprint density at radius 2 is 0.857 bits per heavy atom. The van der Waals surface area contributed by atoms with Crippen LogP contribution in [0.25, 0.3) is 0 Å². The van der Waals surface area contributed by atoms with Crippen molar-refractivity contribution in [3.8, 4) is 0 Å². The van der Waals surface area contributed by atoms with Gasteiger partial charge in [0.2, 0.25) is 0 Å². The molecule has 0 saturated heterocycles. The zero-order valence-electron chi connectivity index (χ0n) is 19.3. The normalized spacial score (nSPS) is 11.0. The number of carbonyl (C=O) groups excluding carboxylic acids is 1. The fraction of sp³-hybridized carbons (Fsp3) is 0.880. The monoisotopic (exact) mass is 386 g/mol. The van der Waals surface area contributed by atoms with Gasteiger partial charge in [-0.1, -0.05) is 135 Å². The van der Waals surface area contributed by atoms with E-state index >= 15 is 0 Å². The summed E-state index contributed by atoms with van der Waals surface area (Å²) in [6, 6.07) is 0. The Balaban J connectivity index is 0. The van der Waals surface area contributed by atoms with Crippen LogP contribution in [0.1, 0.15) is 142 Å². The Hall–Kier alpha value is -0.193. The first-order valence-electron chi connectivity index (χ1n) is 12.1. The molecule has 0 unspecified atom stereocenters. The van der Waals surface area contributed by atoms with Crippen LogP contribution >= 0.6 is 0 Å². The van der Waals surface area contributed by atoms with Gasteiger partial charge in [0, 0.05) is 0 Å². The van der Waals surface area contributed by atoms with Crippen LogP contribution in [-0.2, 0) is 4.79 Å². The van der Waals surface area contributed by atoms with Gasteiger partial charge >= 0.3 is 18.9 Å². The first kappa shape index (κ1) is 30.0. The van der Waals surface area contributed by atoms with Crippen molar-refractivity contribution in [1.82, 2.24) is 0 Å². The van der Waals surface area contributed by atoms with Gasteiger partial charge < -0.3 is 9.90 Å². The SMILES string of the molecule is CCCCCCCCCCCCCCCCCCCCCCC=CC(=O)[O-].[Li+]. The summed E-state index contributed by atoms with van der Waals surface area (Å²) in [5.74, 6) is -1.08. The van der Waals surface area contributed by atoms with E-state index in [1.165, 1.54) is 122 Å². The van der Waals surface area contributed by atoms with Gasteiger partial charge in [-0.05, 0) is 18.9 Å². The number of allylic oxidation sites excluding steroid dienone is 1. The molecule has 0 fully saturated rings. The quantitative estimate of drug-likeness (QED) is 0.156. The van der Waals surface area contributed by atoms with E-state index in [1.807, 2.05) is 0 Å². The molecule has 0 aliphatic heterocycles. The van der Waals surface area contributed by atoms with E-state index in [-0.39, 0.29) is 18.9 Å². The molecule has 0 atom stereocenters. The second kappa shape index (κ2) is 26.8. The van der Waals surface area contributed by atoms with E-state index < -0.39 is 5.97 Å². The van der Waals surface area contributed by atoms with Gasteiger partial charge in [0.1, 0.15) is 0 Å². The van der Waals surface area contributed by atoms with Crippen LogP contribution in [0, 0.1) is 0 Å². The van der Waals surface area contributed by atoms with E-state index in [0.29, 0.717) is 0 Å². The summed E-state index contributed by atoms with van der Waals surface area (Å²) in [5, 5.41) is 10.2. The van der Waals surface area contributed by atoms with Crippen LogP contribution in [0.5, 0.6) is 0 Å². The van der Waals surface area contributed by atoms with Crippen molar-refractivity contribution >= 4 is 5.97 Å². The average molecular weight is 387 g/mol. The van der Waals surface area contributed by atoms with Crippen LogP contribution in [0.3, 0.4) is 0 Å². The van der Waals surface area contributed by atoms with Crippen LogP contribution < -0.4 is 24.0 Å². The van der Waals surface area contributed by atoms with Gasteiger partial charge in [0.15, 0.2) is 0 Å². The second-order valence-corrected chi connectivity index (χ2v) is 8.23. The smallest absolute Gasteiger partial charge is 0.545 e. The van der Waals surface area contributed by atoms with Gasteiger partial charge in [-0.15, -0.1) is 0 Å². The van der Waals surface area contributed by atoms with E-state index in [0.717, 1.165) is 18.9 Å². The van der Waals surface area contributed by atoms with Gasteiger partial charge in [-0.25, -0.2) is 0 Å². The van der Waals surface area contributed by atoms with E-state index in [9.17, 15) is 9.90 Å². The first-order chi connectivity index (χ1) is 13.3. The van der Waals surface area contributed by atoms with Crippen molar-refractivity contribution in [3.63, 3.8) is 0 Å². The molecule has 0 aromatic carbocycles. The third-order valence-electron chi connectivity index (χ3n) is 5.48. The molecule has 2 nitrogen and oxygen atoms in total. The minimum absolute atomic E-state index is 0. The number of carboxylic acid groups (broad SMARTS) is 1.